The van der Waals surface area contributed by atoms with Gasteiger partial charge < -0.3 is 15.6 Å². The SMILES string of the molecule is CCCCCn1nnc(C(=O)O)c1-c1ccc(OCC)c(N)c1. The van der Waals surface area contributed by atoms with Crippen LogP contribution in [0.1, 0.15) is 43.6 Å². The van der Waals surface area contributed by atoms with Crippen LogP contribution in [0.15, 0.2) is 18.2 Å². The zero-order chi connectivity index (χ0) is 16.8. The fourth-order valence-electron chi connectivity index (χ4n) is 2.39. The van der Waals surface area contributed by atoms with Crippen LogP contribution in [-0.2, 0) is 6.54 Å². The van der Waals surface area contributed by atoms with Gasteiger partial charge in [-0.15, -0.1) is 5.10 Å². The first kappa shape index (κ1) is 16.8. The molecule has 0 saturated carbocycles. The molecule has 0 fully saturated rings. The molecule has 0 aliphatic rings. The normalized spacial score (nSPS) is 10.7. The van der Waals surface area contributed by atoms with Gasteiger partial charge in [0.25, 0.3) is 0 Å². The van der Waals surface area contributed by atoms with Gasteiger partial charge in [0.1, 0.15) is 11.4 Å². The summed E-state index contributed by atoms with van der Waals surface area (Å²) >= 11 is 0. The summed E-state index contributed by atoms with van der Waals surface area (Å²) in [5, 5.41) is 17.1. The number of carboxylic acids is 1. The Morgan fingerprint density at radius 2 is 2.13 bits per heavy atom. The maximum absolute atomic E-state index is 11.4. The summed E-state index contributed by atoms with van der Waals surface area (Å²) in [5.41, 5.74) is 7.53. The van der Waals surface area contributed by atoms with Crippen molar-refractivity contribution in [3.63, 3.8) is 0 Å². The molecular formula is C16H22N4O3. The Bertz CT molecular complexity index is 682. The molecule has 0 spiro atoms. The van der Waals surface area contributed by atoms with Crippen LogP contribution < -0.4 is 10.5 Å². The fraction of sp³-hybridized carbons (Fsp3) is 0.438. The molecule has 0 atom stereocenters. The quantitative estimate of drug-likeness (QED) is 0.573. The Morgan fingerprint density at radius 3 is 2.74 bits per heavy atom. The average molecular weight is 318 g/mol. The van der Waals surface area contributed by atoms with Gasteiger partial charge >= 0.3 is 5.97 Å². The van der Waals surface area contributed by atoms with Gasteiger partial charge in [0.05, 0.1) is 12.3 Å². The molecular weight excluding hydrogens is 296 g/mol. The van der Waals surface area contributed by atoms with E-state index in [1.165, 1.54) is 0 Å². The third-order valence-corrected chi connectivity index (χ3v) is 3.49. The molecule has 2 aromatic rings. The van der Waals surface area contributed by atoms with E-state index in [4.69, 9.17) is 10.5 Å². The minimum absolute atomic E-state index is 0.0648. The molecule has 23 heavy (non-hydrogen) atoms. The molecule has 0 unspecified atom stereocenters. The molecule has 1 aromatic heterocycles. The maximum atomic E-state index is 11.4. The Hall–Kier alpha value is -2.57. The predicted molar refractivity (Wildman–Crippen MR) is 87.5 cm³/mol. The van der Waals surface area contributed by atoms with Crippen molar-refractivity contribution < 1.29 is 14.6 Å². The highest BCUT2D eigenvalue weighted by Crippen LogP contribution is 2.30. The molecule has 0 bridgehead atoms. The molecule has 3 N–H and O–H groups in total. The molecule has 0 radical (unpaired) electrons. The Morgan fingerprint density at radius 1 is 1.35 bits per heavy atom. The maximum Gasteiger partial charge on any atom is 0.358 e. The lowest BCUT2D eigenvalue weighted by molar-refractivity contribution is 0.0691. The second kappa shape index (κ2) is 7.62. The van der Waals surface area contributed by atoms with Gasteiger partial charge in [-0.3, -0.25) is 0 Å². The summed E-state index contributed by atoms with van der Waals surface area (Å²) in [6.07, 6.45) is 3.04. The molecule has 7 nitrogen and oxygen atoms in total. The Balaban J connectivity index is 2.41. The highest BCUT2D eigenvalue weighted by atomic mass is 16.5. The van der Waals surface area contributed by atoms with E-state index in [0.29, 0.717) is 35.8 Å². The monoisotopic (exact) mass is 318 g/mol. The second-order valence-corrected chi connectivity index (χ2v) is 5.21. The van der Waals surface area contributed by atoms with E-state index >= 15 is 0 Å². The molecule has 0 aliphatic heterocycles. The number of unbranched alkanes of at least 4 members (excludes halogenated alkanes) is 2. The van der Waals surface area contributed by atoms with Gasteiger partial charge in [-0.2, -0.15) is 0 Å². The van der Waals surface area contributed by atoms with Gasteiger partial charge in [-0.1, -0.05) is 25.0 Å². The lowest BCUT2D eigenvalue weighted by Crippen LogP contribution is -2.06. The van der Waals surface area contributed by atoms with Crippen LogP contribution >= 0.6 is 0 Å². The van der Waals surface area contributed by atoms with Crippen molar-refractivity contribution in [1.82, 2.24) is 15.0 Å². The third kappa shape index (κ3) is 3.80. The van der Waals surface area contributed by atoms with Gasteiger partial charge in [-0.05, 0) is 31.5 Å². The molecule has 0 amide bonds. The molecule has 1 heterocycles. The van der Waals surface area contributed by atoms with Crippen LogP contribution in [-0.4, -0.2) is 32.7 Å². The summed E-state index contributed by atoms with van der Waals surface area (Å²) in [4.78, 5) is 11.4. The van der Waals surface area contributed by atoms with Crippen molar-refractivity contribution in [2.45, 2.75) is 39.7 Å². The lowest BCUT2D eigenvalue weighted by Gasteiger charge is -2.11. The minimum Gasteiger partial charge on any atom is -0.492 e. The van der Waals surface area contributed by atoms with Crippen molar-refractivity contribution in [1.29, 1.82) is 0 Å². The summed E-state index contributed by atoms with van der Waals surface area (Å²) in [7, 11) is 0. The van der Waals surface area contributed by atoms with Crippen LogP contribution in [0.5, 0.6) is 5.75 Å². The van der Waals surface area contributed by atoms with Crippen molar-refractivity contribution in [2.75, 3.05) is 12.3 Å². The van der Waals surface area contributed by atoms with Crippen LogP contribution in [0.3, 0.4) is 0 Å². The number of benzene rings is 1. The number of ether oxygens (including phenoxy) is 1. The highest BCUT2D eigenvalue weighted by molar-refractivity contribution is 5.93. The van der Waals surface area contributed by atoms with Gasteiger partial charge in [0.15, 0.2) is 5.69 Å². The second-order valence-electron chi connectivity index (χ2n) is 5.21. The minimum atomic E-state index is -1.10. The van der Waals surface area contributed by atoms with E-state index in [-0.39, 0.29) is 5.69 Å². The number of aromatic carboxylic acids is 1. The standard InChI is InChI=1S/C16H22N4O3/c1-3-5-6-9-20-15(14(16(21)22)18-19-20)11-7-8-13(23-4-2)12(17)10-11/h7-8,10H,3-6,9,17H2,1-2H3,(H,21,22). The van der Waals surface area contributed by atoms with E-state index in [9.17, 15) is 9.90 Å². The number of hydrogen-bond acceptors (Lipinski definition) is 5. The first-order valence-electron chi connectivity index (χ1n) is 7.77. The number of carboxylic acid groups (broad SMARTS) is 1. The highest BCUT2D eigenvalue weighted by Gasteiger charge is 2.21. The van der Waals surface area contributed by atoms with Crippen molar-refractivity contribution >= 4 is 11.7 Å². The molecule has 2 rings (SSSR count). The summed E-state index contributed by atoms with van der Waals surface area (Å²) < 4.78 is 7.05. The number of hydrogen-bond donors (Lipinski definition) is 2. The van der Waals surface area contributed by atoms with E-state index < -0.39 is 5.97 Å². The van der Waals surface area contributed by atoms with Crippen LogP contribution in [0.4, 0.5) is 5.69 Å². The van der Waals surface area contributed by atoms with Gasteiger partial charge in [-0.25, -0.2) is 9.48 Å². The number of aromatic nitrogens is 3. The number of aryl methyl sites for hydroxylation is 1. The van der Waals surface area contributed by atoms with E-state index in [1.54, 1.807) is 22.9 Å². The Labute approximate surface area is 135 Å². The van der Waals surface area contributed by atoms with Crippen LogP contribution in [0, 0.1) is 0 Å². The summed E-state index contributed by atoms with van der Waals surface area (Å²) in [5.74, 6) is -0.521. The zero-order valence-corrected chi connectivity index (χ0v) is 13.5. The van der Waals surface area contributed by atoms with Crippen molar-refractivity contribution in [3.05, 3.63) is 23.9 Å². The van der Waals surface area contributed by atoms with E-state index in [2.05, 4.69) is 17.2 Å². The number of carbonyl (C=O) groups is 1. The van der Waals surface area contributed by atoms with Gasteiger partial charge in [0, 0.05) is 12.1 Å². The largest absolute Gasteiger partial charge is 0.492 e. The van der Waals surface area contributed by atoms with E-state index in [1.807, 2.05) is 6.92 Å². The van der Waals surface area contributed by atoms with Crippen molar-refractivity contribution in [2.24, 2.45) is 0 Å². The summed E-state index contributed by atoms with van der Waals surface area (Å²) in [6.45, 7) is 5.12. The number of anilines is 1. The van der Waals surface area contributed by atoms with Crippen LogP contribution in [0.25, 0.3) is 11.3 Å². The predicted octanol–water partition coefficient (Wildman–Crippen LogP) is 2.81. The summed E-state index contributed by atoms with van der Waals surface area (Å²) in [6, 6.07) is 5.22. The van der Waals surface area contributed by atoms with E-state index in [0.717, 1.165) is 19.3 Å². The molecule has 124 valence electrons. The number of nitrogens with zero attached hydrogens (tertiary/aromatic N) is 3. The molecule has 7 heteroatoms. The number of rotatable bonds is 8. The number of nitrogens with two attached hydrogens (primary N) is 1. The zero-order valence-electron chi connectivity index (χ0n) is 13.5. The average Bonchev–Trinajstić information content (AvgIpc) is 2.94. The van der Waals surface area contributed by atoms with Crippen LogP contribution in [0.2, 0.25) is 0 Å². The number of nitrogen functional groups attached to an aromatic ring is 1. The topological polar surface area (TPSA) is 103 Å². The first-order valence-corrected chi connectivity index (χ1v) is 7.77. The fourth-order valence-corrected chi connectivity index (χ4v) is 2.39. The smallest absolute Gasteiger partial charge is 0.358 e. The van der Waals surface area contributed by atoms with Gasteiger partial charge in [0.2, 0.25) is 0 Å². The third-order valence-electron chi connectivity index (χ3n) is 3.49. The lowest BCUT2D eigenvalue weighted by atomic mass is 10.1. The molecule has 0 aliphatic carbocycles. The Kier molecular flexibility index (Phi) is 5.56. The van der Waals surface area contributed by atoms with Crippen molar-refractivity contribution in [3.8, 4) is 17.0 Å². The molecule has 1 aromatic carbocycles. The molecule has 0 saturated heterocycles. The first-order chi connectivity index (χ1) is 11.1.